The molecule has 146 valence electrons. The van der Waals surface area contributed by atoms with Gasteiger partial charge in [0.15, 0.2) is 17.3 Å². The van der Waals surface area contributed by atoms with Gasteiger partial charge in [-0.05, 0) is 42.7 Å². The summed E-state index contributed by atoms with van der Waals surface area (Å²) in [5.41, 5.74) is 2.76. The van der Waals surface area contributed by atoms with Crippen molar-refractivity contribution in [3.05, 3.63) is 59.3 Å². The van der Waals surface area contributed by atoms with E-state index in [1.165, 1.54) is 17.3 Å². The lowest BCUT2D eigenvalue weighted by atomic mass is 9.99. The fourth-order valence-electron chi connectivity index (χ4n) is 4.04. The third-order valence-corrected chi connectivity index (χ3v) is 6.33. The third kappa shape index (κ3) is 2.96. The number of hydrogen-bond acceptors (Lipinski definition) is 5. The first-order valence-electron chi connectivity index (χ1n) is 8.92. The molecule has 0 amide bonds. The molecule has 0 aliphatic heterocycles. The molecule has 0 N–H and O–H groups in total. The average Bonchev–Trinajstić information content (AvgIpc) is 3.18. The smallest absolute Gasteiger partial charge is 0.236 e. The summed E-state index contributed by atoms with van der Waals surface area (Å²) in [5.74, 6) is 0.776. The molecule has 1 aromatic heterocycles. The molecule has 4 rings (SSSR count). The molecular formula is C21H21NO5S. The zero-order valence-corrected chi connectivity index (χ0v) is 16.7. The van der Waals surface area contributed by atoms with Crippen LogP contribution in [0, 0.1) is 5.92 Å². The number of para-hydroxylation sites is 1. The van der Waals surface area contributed by atoms with E-state index in [1.54, 1.807) is 19.2 Å². The Morgan fingerprint density at radius 1 is 1.07 bits per heavy atom. The van der Waals surface area contributed by atoms with E-state index in [0.29, 0.717) is 41.1 Å². The Bertz CT molecular complexity index is 1190. The standard InChI is InChI=1S/C21H21NO5S/c1-26-19-11-14-8-15(21(23)17(14)12-20(19)27-2)10-16-9-13-6-4-5-7-18(13)22(16)28(3,24)25/h4-7,9,11-12,15H,8,10H2,1-3H3. The van der Waals surface area contributed by atoms with Crippen molar-refractivity contribution in [1.82, 2.24) is 3.97 Å². The quantitative estimate of drug-likeness (QED) is 0.659. The summed E-state index contributed by atoms with van der Waals surface area (Å²) in [6, 6.07) is 12.7. The second-order valence-electron chi connectivity index (χ2n) is 7.06. The molecule has 1 unspecified atom stereocenters. The van der Waals surface area contributed by atoms with Crippen molar-refractivity contribution in [3.63, 3.8) is 0 Å². The molecule has 1 aliphatic rings. The molecule has 1 aliphatic carbocycles. The highest BCUT2D eigenvalue weighted by molar-refractivity contribution is 7.89. The second kappa shape index (κ2) is 6.67. The predicted molar refractivity (Wildman–Crippen MR) is 107 cm³/mol. The van der Waals surface area contributed by atoms with Crippen molar-refractivity contribution in [3.8, 4) is 11.5 Å². The Hall–Kier alpha value is -2.80. The second-order valence-corrected chi connectivity index (χ2v) is 8.89. The molecule has 0 bridgehead atoms. The van der Waals surface area contributed by atoms with Gasteiger partial charge in [0.05, 0.1) is 26.0 Å². The highest BCUT2D eigenvalue weighted by Gasteiger charge is 2.33. The maximum Gasteiger partial charge on any atom is 0.236 e. The van der Waals surface area contributed by atoms with Gasteiger partial charge in [-0.1, -0.05) is 18.2 Å². The van der Waals surface area contributed by atoms with E-state index in [9.17, 15) is 13.2 Å². The maximum atomic E-state index is 13.0. The first-order chi connectivity index (χ1) is 13.3. The summed E-state index contributed by atoms with van der Waals surface area (Å²) >= 11 is 0. The van der Waals surface area contributed by atoms with Gasteiger partial charge >= 0.3 is 0 Å². The summed E-state index contributed by atoms with van der Waals surface area (Å²) in [7, 11) is -0.407. The van der Waals surface area contributed by atoms with Gasteiger partial charge in [0, 0.05) is 22.6 Å². The number of aromatic nitrogens is 1. The number of ketones is 1. The number of carbonyl (C=O) groups excluding carboxylic acids is 1. The minimum Gasteiger partial charge on any atom is -0.493 e. The van der Waals surface area contributed by atoms with E-state index in [4.69, 9.17) is 9.47 Å². The molecule has 0 radical (unpaired) electrons. The number of hydrogen-bond donors (Lipinski definition) is 0. The molecule has 6 nitrogen and oxygen atoms in total. The average molecular weight is 399 g/mol. The van der Waals surface area contributed by atoms with E-state index in [-0.39, 0.29) is 11.7 Å². The van der Waals surface area contributed by atoms with E-state index >= 15 is 0 Å². The number of fused-ring (bicyclic) bond motifs is 2. The van der Waals surface area contributed by atoms with Crippen LogP contribution in [0.25, 0.3) is 10.9 Å². The van der Waals surface area contributed by atoms with Gasteiger partial charge in [0.1, 0.15) is 0 Å². The molecule has 0 fully saturated rings. The number of carbonyl (C=O) groups is 1. The van der Waals surface area contributed by atoms with Crippen LogP contribution in [0.1, 0.15) is 21.6 Å². The zero-order valence-electron chi connectivity index (χ0n) is 15.9. The van der Waals surface area contributed by atoms with Crippen LogP contribution in [0.2, 0.25) is 0 Å². The van der Waals surface area contributed by atoms with Crippen LogP contribution in [0.3, 0.4) is 0 Å². The fraction of sp³-hybridized carbons (Fsp3) is 0.286. The Kier molecular flexibility index (Phi) is 4.42. The van der Waals surface area contributed by atoms with Gasteiger partial charge in [0.25, 0.3) is 0 Å². The van der Waals surface area contributed by atoms with E-state index in [2.05, 4.69) is 0 Å². The number of methoxy groups -OCH3 is 2. The molecule has 0 spiro atoms. The minimum atomic E-state index is -3.50. The number of rotatable bonds is 5. The van der Waals surface area contributed by atoms with Crippen molar-refractivity contribution < 1.29 is 22.7 Å². The minimum absolute atomic E-state index is 0.00117. The molecule has 7 heteroatoms. The van der Waals surface area contributed by atoms with Crippen LogP contribution in [0.5, 0.6) is 11.5 Å². The Labute approximate surface area is 163 Å². The summed E-state index contributed by atoms with van der Waals surface area (Å²) in [4.78, 5) is 13.0. The van der Waals surface area contributed by atoms with E-state index in [1.807, 2.05) is 30.3 Å². The number of nitrogens with zero attached hydrogens (tertiary/aromatic N) is 1. The van der Waals surface area contributed by atoms with Crippen molar-refractivity contribution in [1.29, 1.82) is 0 Å². The number of benzene rings is 2. The van der Waals surface area contributed by atoms with Crippen LogP contribution >= 0.6 is 0 Å². The largest absolute Gasteiger partial charge is 0.493 e. The first-order valence-corrected chi connectivity index (χ1v) is 10.8. The van der Waals surface area contributed by atoms with E-state index in [0.717, 1.165) is 10.9 Å². The highest BCUT2D eigenvalue weighted by atomic mass is 32.2. The summed E-state index contributed by atoms with van der Waals surface area (Å²) in [6.07, 6.45) is 2.07. The lowest BCUT2D eigenvalue weighted by Gasteiger charge is -2.11. The van der Waals surface area contributed by atoms with Crippen molar-refractivity contribution in [2.45, 2.75) is 12.8 Å². The molecule has 0 saturated heterocycles. The van der Waals surface area contributed by atoms with Gasteiger partial charge in [-0.3, -0.25) is 4.79 Å². The van der Waals surface area contributed by atoms with Crippen LogP contribution in [0.4, 0.5) is 0 Å². The maximum absolute atomic E-state index is 13.0. The fourth-order valence-corrected chi connectivity index (χ4v) is 5.11. The topological polar surface area (TPSA) is 74.6 Å². The molecule has 0 saturated carbocycles. The molecule has 2 aromatic carbocycles. The van der Waals surface area contributed by atoms with Gasteiger partial charge in [-0.15, -0.1) is 0 Å². The number of Topliss-reactive ketones (excluding diaryl/α,β-unsaturated/α-hetero) is 1. The summed E-state index contributed by atoms with van der Waals surface area (Å²) in [6.45, 7) is 0. The summed E-state index contributed by atoms with van der Waals surface area (Å²) in [5, 5.41) is 0.842. The molecule has 3 aromatic rings. The van der Waals surface area contributed by atoms with Gasteiger partial charge in [0.2, 0.25) is 10.0 Å². The van der Waals surface area contributed by atoms with Crippen LogP contribution in [-0.2, 0) is 22.9 Å². The predicted octanol–water partition coefficient (Wildman–Crippen LogP) is 3.06. The molecule has 1 atom stereocenters. The van der Waals surface area contributed by atoms with Crippen molar-refractivity contribution in [2.24, 2.45) is 5.92 Å². The lowest BCUT2D eigenvalue weighted by Crippen LogP contribution is -2.18. The first kappa shape index (κ1) is 18.6. The third-order valence-electron chi connectivity index (χ3n) is 5.24. The number of ether oxygens (including phenoxy) is 2. The molecule has 1 heterocycles. The van der Waals surface area contributed by atoms with Crippen LogP contribution < -0.4 is 9.47 Å². The highest BCUT2D eigenvalue weighted by Crippen LogP contribution is 2.38. The van der Waals surface area contributed by atoms with Gasteiger partial charge < -0.3 is 9.47 Å². The van der Waals surface area contributed by atoms with Crippen LogP contribution in [0.15, 0.2) is 42.5 Å². The Morgan fingerprint density at radius 2 is 1.75 bits per heavy atom. The lowest BCUT2D eigenvalue weighted by molar-refractivity contribution is 0.0935. The summed E-state index contributed by atoms with van der Waals surface area (Å²) < 4.78 is 36.8. The van der Waals surface area contributed by atoms with Crippen molar-refractivity contribution in [2.75, 3.05) is 20.5 Å². The molecule has 28 heavy (non-hydrogen) atoms. The van der Waals surface area contributed by atoms with Crippen molar-refractivity contribution >= 4 is 26.7 Å². The zero-order chi connectivity index (χ0) is 20.1. The van der Waals surface area contributed by atoms with E-state index < -0.39 is 10.0 Å². The van der Waals surface area contributed by atoms with Gasteiger partial charge in [-0.25, -0.2) is 12.4 Å². The normalized spacial score (nSPS) is 16.4. The Morgan fingerprint density at radius 3 is 2.43 bits per heavy atom. The monoisotopic (exact) mass is 399 g/mol. The van der Waals surface area contributed by atoms with Crippen LogP contribution in [-0.4, -0.2) is 38.6 Å². The van der Waals surface area contributed by atoms with Gasteiger partial charge in [-0.2, -0.15) is 0 Å². The molecular weight excluding hydrogens is 378 g/mol. The SMILES string of the molecule is COc1cc2c(cc1OC)C(=O)C(Cc1cc3ccccc3n1S(C)(=O)=O)C2. The Balaban J connectivity index is 1.74.